The van der Waals surface area contributed by atoms with E-state index in [-0.39, 0.29) is 13.2 Å². The Bertz CT molecular complexity index is 409. The third-order valence-corrected chi connectivity index (χ3v) is 2.66. The number of nitrogens with one attached hydrogen (secondary N) is 1. The van der Waals surface area contributed by atoms with Crippen molar-refractivity contribution in [1.82, 2.24) is 5.32 Å². The van der Waals surface area contributed by atoms with Gasteiger partial charge in [0.1, 0.15) is 17.3 Å². The van der Waals surface area contributed by atoms with Crippen LogP contribution in [0.5, 0.6) is 0 Å². The summed E-state index contributed by atoms with van der Waals surface area (Å²) in [6.45, 7) is 9.99. The minimum Gasteiger partial charge on any atom is -0.458 e. The SMILES string of the molecule is CC(C)(C)OC(=O)N[C@@]1(C(=O)OC(C)(C)C)COC[C@H]1O. The number of alkyl carbamates (subject to hydrolysis) is 1. The lowest BCUT2D eigenvalue weighted by Crippen LogP contribution is -2.63. The first-order chi connectivity index (χ1) is 9.36. The van der Waals surface area contributed by atoms with Gasteiger partial charge in [0.05, 0.1) is 13.2 Å². The molecule has 0 aromatic heterocycles. The molecule has 1 aliphatic heterocycles. The molecule has 122 valence electrons. The zero-order chi connectivity index (χ0) is 16.5. The monoisotopic (exact) mass is 303 g/mol. The molecule has 0 aliphatic carbocycles. The van der Waals surface area contributed by atoms with Gasteiger partial charge >= 0.3 is 12.1 Å². The Kier molecular flexibility index (Phi) is 4.90. The highest BCUT2D eigenvalue weighted by Crippen LogP contribution is 2.24. The molecular formula is C14H25NO6. The van der Waals surface area contributed by atoms with Crippen LogP contribution in [0.1, 0.15) is 41.5 Å². The van der Waals surface area contributed by atoms with E-state index in [0.717, 1.165) is 0 Å². The maximum Gasteiger partial charge on any atom is 0.408 e. The molecule has 0 aromatic rings. The van der Waals surface area contributed by atoms with Gasteiger partial charge in [0, 0.05) is 0 Å². The van der Waals surface area contributed by atoms with Gasteiger partial charge in [-0.05, 0) is 41.5 Å². The second-order valence-electron chi connectivity index (χ2n) is 7.13. The van der Waals surface area contributed by atoms with E-state index >= 15 is 0 Å². The van der Waals surface area contributed by atoms with Crippen molar-refractivity contribution in [3.05, 3.63) is 0 Å². The molecule has 0 unspecified atom stereocenters. The quantitative estimate of drug-likeness (QED) is 0.739. The molecule has 0 radical (unpaired) electrons. The first kappa shape index (κ1) is 17.7. The molecule has 2 atom stereocenters. The van der Waals surface area contributed by atoms with Crippen molar-refractivity contribution in [2.45, 2.75) is 64.4 Å². The lowest BCUT2D eigenvalue weighted by Gasteiger charge is -2.33. The van der Waals surface area contributed by atoms with Crippen LogP contribution < -0.4 is 5.32 Å². The van der Waals surface area contributed by atoms with Gasteiger partial charge in [-0.25, -0.2) is 9.59 Å². The maximum atomic E-state index is 12.4. The Morgan fingerprint density at radius 2 is 1.67 bits per heavy atom. The number of hydrogen-bond acceptors (Lipinski definition) is 6. The third kappa shape index (κ3) is 4.86. The van der Waals surface area contributed by atoms with E-state index in [1.165, 1.54) is 0 Å². The second kappa shape index (κ2) is 5.81. The van der Waals surface area contributed by atoms with E-state index < -0.39 is 34.9 Å². The van der Waals surface area contributed by atoms with E-state index in [4.69, 9.17) is 14.2 Å². The van der Waals surface area contributed by atoms with Crippen molar-refractivity contribution < 1.29 is 28.9 Å². The second-order valence-corrected chi connectivity index (χ2v) is 7.13. The summed E-state index contributed by atoms with van der Waals surface area (Å²) in [6.07, 6.45) is -2.00. The number of ether oxygens (including phenoxy) is 3. The molecule has 0 bridgehead atoms. The van der Waals surface area contributed by atoms with E-state index in [9.17, 15) is 14.7 Å². The van der Waals surface area contributed by atoms with Gasteiger partial charge in [-0.3, -0.25) is 0 Å². The van der Waals surface area contributed by atoms with Crippen molar-refractivity contribution in [1.29, 1.82) is 0 Å². The van der Waals surface area contributed by atoms with Crippen molar-refractivity contribution >= 4 is 12.1 Å². The van der Waals surface area contributed by atoms with Crippen LogP contribution >= 0.6 is 0 Å². The number of rotatable bonds is 2. The fourth-order valence-electron chi connectivity index (χ4n) is 1.79. The zero-order valence-electron chi connectivity index (χ0n) is 13.5. The average molecular weight is 303 g/mol. The Morgan fingerprint density at radius 1 is 1.14 bits per heavy atom. The maximum absolute atomic E-state index is 12.4. The summed E-state index contributed by atoms with van der Waals surface area (Å²) >= 11 is 0. The number of carbonyl (C=O) groups is 2. The van der Waals surface area contributed by atoms with Gasteiger partial charge in [0.15, 0.2) is 5.54 Å². The number of aliphatic hydroxyl groups excluding tert-OH is 1. The van der Waals surface area contributed by atoms with E-state index in [1.807, 2.05) is 0 Å². The van der Waals surface area contributed by atoms with Crippen LogP contribution in [0, 0.1) is 0 Å². The number of carbonyl (C=O) groups excluding carboxylic acids is 2. The Balaban J connectivity index is 2.90. The summed E-state index contributed by atoms with van der Waals surface area (Å²) in [5.41, 5.74) is -3.11. The Labute approximate surface area is 124 Å². The average Bonchev–Trinajstić information content (AvgIpc) is 2.55. The fourth-order valence-corrected chi connectivity index (χ4v) is 1.79. The van der Waals surface area contributed by atoms with E-state index in [1.54, 1.807) is 41.5 Å². The van der Waals surface area contributed by atoms with Gasteiger partial charge in [-0.15, -0.1) is 0 Å². The summed E-state index contributed by atoms with van der Waals surface area (Å²) in [5, 5.41) is 12.5. The van der Waals surface area contributed by atoms with Crippen molar-refractivity contribution in [3.63, 3.8) is 0 Å². The number of esters is 1. The zero-order valence-corrected chi connectivity index (χ0v) is 13.5. The number of hydrogen-bond donors (Lipinski definition) is 2. The molecule has 1 aliphatic rings. The van der Waals surface area contributed by atoms with Gasteiger partial charge in [0.2, 0.25) is 0 Å². The topological polar surface area (TPSA) is 94.1 Å². The molecule has 1 saturated heterocycles. The van der Waals surface area contributed by atoms with Crippen LogP contribution in [0.25, 0.3) is 0 Å². The molecule has 2 N–H and O–H groups in total. The minimum atomic E-state index is -1.64. The van der Waals surface area contributed by atoms with Gasteiger partial charge in [-0.1, -0.05) is 0 Å². The smallest absolute Gasteiger partial charge is 0.408 e. The van der Waals surface area contributed by atoms with Crippen LogP contribution in [-0.4, -0.2) is 53.2 Å². The highest BCUT2D eigenvalue weighted by atomic mass is 16.6. The highest BCUT2D eigenvalue weighted by molar-refractivity contribution is 5.87. The van der Waals surface area contributed by atoms with Crippen molar-refractivity contribution in [3.8, 4) is 0 Å². The Morgan fingerprint density at radius 3 is 2.05 bits per heavy atom. The summed E-state index contributed by atoms with van der Waals surface area (Å²) in [7, 11) is 0. The largest absolute Gasteiger partial charge is 0.458 e. The van der Waals surface area contributed by atoms with Crippen LogP contribution in [-0.2, 0) is 19.0 Å². The molecule has 21 heavy (non-hydrogen) atoms. The number of amides is 1. The summed E-state index contributed by atoms with van der Waals surface area (Å²) in [4.78, 5) is 24.3. The third-order valence-electron chi connectivity index (χ3n) is 2.66. The van der Waals surface area contributed by atoms with Crippen LogP contribution in [0.4, 0.5) is 4.79 Å². The van der Waals surface area contributed by atoms with Gasteiger partial charge in [0.25, 0.3) is 0 Å². The van der Waals surface area contributed by atoms with Gasteiger partial charge < -0.3 is 24.6 Å². The fraction of sp³-hybridized carbons (Fsp3) is 0.857. The molecule has 1 heterocycles. The molecule has 1 amide bonds. The van der Waals surface area contributed by atoms with Crippen molar-refractivity contribution in [2.75, 3.05) is 13.2 Å². The first-order valence-electron chi connectivity index (χ1n) is 6.86. The summed E-state index contributed by atoms with van der Waals surface area (Å²) in [6, 6.07) is 0. The van der Waals surface area contributed by atoms with E-state index in [0.29, 0.717) is 0 Å². The lowest BCUT2D eigenvalue weighted by atomic mass is 9.95. The molecular weight excluding hydrogens is 278 g/mol. The molecule has 0 saturated carbocycles. The normalized spacial score (nSPS) is 26.3. The molecule has 0 spiro atoms. The highest BCUT2D eigenvalue weighted by Gasteiger charge is 2.54. The molecule has 0 aromatic carbocycles. The molecule has 1 rings (SSSR count). The predicted molar refractivity (Wildman–Crippen MR) is 74.8 cm³/mol. The molecule has 1 fully saturated rings. The van der Waals surface area contributed by atoms with E-state index in [2.05, 4.69) is 5.32 Å². The van der Waals surface area contributed by atoms with Crippen LogP contribution in [0.2, 0.25) is 0 Å². The van der Waals surface area contributed by atoms with Crippen LogP contribution in [0.3, 0.4) is 0 Å². The number of aliphatic hydroxyl groups is 1. The standard InChI is InChI=1S/C14H25NO6/c1-12(2,3)20-10(17)14(8-19-7-9(14)16)15-11(18)21-13(4,5)6/h9,16H,7-8H2,1-6H3,(H,15,18)/t9-,14+/m1/s1. The van der Waals surface area contributed by atoms with Crippen molar-refractivity contribution in [2.24, 2.45) is 0 Å². The summed E-state index contributed by atoms with van der Waals surface area (Å²) in [5.74, 6) is -0.745. The van der Waals surface area contributed by atoms with Gasteiger partial charge in [-0.2, -0.15) is 0 Å². The predicted octanol–water partition coefficient (Wildman–Crippen LogP) is 0.983. The molecule has 7 heteroatoms. The summed E-state index contributed by atoms with van der Waals surface area (Å²) < 4.78 is 15.5. The lowest BCUT2D eigenvalue weighted by molar-refractivity contribution is -0.166. The minimum absolute atomic E-state index is 0.0605. The first-order valence-corrected chi connectivity index (χ1v) is 6.86. The molecule has 7 nitrogen and oxygen atoms in total. The Hall–Kier alpha value is -1.34. The van der Waals surface area contributed by atoms with Crippen LogP contribution in [0.15, 0.2) is 0 Å².